The van der Waals surface area contributed by atoms with Crippen molar-refractivity contribution in [3.05, 3.63) is 59.7 Å². The number of carboxylic acid groups (broad SMARTS) is 1. The van der Waals surface area contributed by atoms with E-state index in [2.05, 4.69) is 10.6 Å². The van der Waals surface area contributed by atoms with Gasteiger partial charge in [0, 0.05) is 18.7 Å². The molecule has 1 atom stereocenters. The second-order valence-corrected chi connectivity index (χ2v) is 6.31. The fraction of sp³-hybridized carbons (Fsp3) is 0.0952. The van der Waals surface area contributed by atoms with Crippen LogP contribution < -0.4 is 10.6 Å². The average molecular weight is 428 g/mol. The molecule has 0 aliphatic rings. The van der Waals surface area contributed by atoms with Gasteiger partial charge in [-0.05, 0) is 47.5 Å². The molecule has 0 radical (unpaired) electrons. The van der Waals surface area contributed by atoms with Crippen molar-refractivity contribution in [2.45, 2.75) is 6.04 Å². The van der Waals surface area contributed by atoms with Gasteiger partial charge in [0.2, 0.25) is 11.8 Å². The molecule has 0 aromatic heterocycles. The van der Waals surface area contributed by atoms with E-state index in [1.807, 2.05) is 0 Å². The standard InChI is InChI=1S/C21H20N2O8/c24-15-5-1-12(9-17(15)26)3-7-19(28)22-11-14(21(30)31)23-20(29)8-4-13-2-6-16(25)18(27)10-13/h1-10,14,24-27H,11H2,(H,22,28)(H,23,29)(H,30,31)/b7-3+,8-4+. The molecule has 2 aromatic carbocycles. The number of carbonyl (C=O) groups excluding carboxylic acids is 2. The number of hydrogen-bond donors (Lipinski definition) is 7. The molecule has 162 valence electrons. The second-order valence-electron chi connectivity index (χ2n) is 6.31. The summed E-state index contributed by atoms with van der Waals surface area (Å²) in [4.78, 5) is 35.2. The molecule has 31 heavy (non-hydrogen) atoms. The van der Waals surface area contributed by atoms with Gasteiger partial charge in [-0.1, -0.05) is 12.1 Å². The summed E-state index contributed by atoms with van der Waals surface area (Å²) in [5.41, 5.74) is 0.829. The van der Waals surface area contributed by atoms with Crippen molar-refractivity contribution in [2.75, 3.05) is 6.54 Å². The summed E-state index contributed by atoms with van der Waals surface area (Å²) in [6.07, 6.45) is 4.80. The monoisotopic (exact) mass is 428 g/mol. The number of amides is 2. The van der Waals surface area contributed by atoms with E-state index in [0.717, 1.165) is 12.2 Å². The lowest BCUT2D eigenvalue weighted by atomic mass is 10.2. The fourth-order valence-corrected chi connectivity index (χ4v) is 2.31. The van der Waals surface area contributed by atoms with Crippen molar-refractivity contribution >= 4 is 29.9 Å². The van der Waals surface area contributed by atoms with Gasteiger partial charge in [0.15, 0.2) is 23.0 Å². The van der Waals surface area contributed by atoms with Crippen LogP contribution in [0.15, 0.2) is 48.6 Å². The Morgan fingerprint density at radius 1 is 0.774 bits per heavy atom. The maximum Gasteiger partial charge on any atom is 0.328 e. The molecule has 10 heteroatoms. The van der Waals surface area contributed by atoms with E-state index in [1.54, 1.807) is 0 Å². The van der Waals surface area contributed by atoms with Crippen LogP contribution in [0, 0.1) is 0 Å². The highest BCUT2D eigenvalue weighted by Gasteiger charge is 2.19. The lowest BCUT2D eigenvalue weighted by Crippen LogP contribution is -2.47. The normalized spacial score (nSPS) is 12.0. The Kier molecular flexibility index (Phi) is 7.62. The summed E-state index contributed by atoms with van der Waals surface area (Å²) in [5, 5.41) is 51.1. The molecule has 0 fully saturated rings. The molecule has 0 bridgehead atoms. The predicted octanol–water partition coefficient (Wildman–Crippen LogP) is 0.921. The van der Waals surface area contributed by atoms with E-state index in [0.29, 0.717) is 11.1 Å². The minimum absolute atomic E-state index is 0.307. The van der Waals surface area contributed by atoms with Crippen LogP contribution in [0.2, 0.25) is 0 Å². The molecule has 0 saturated heterocycles. The Hall–Kier alpha value is -4.47. The van der Waals surface area contributed by atoms with E-state index >= 15 is 0 Å². The largest absolute Gasteiger partial charge is 0.504 e. The van der Waals surface area contributed by atoms with Gasteiger partial charge in [-0.25, -0.2) is 4.79 Å². The molecule has 0 aliphatic heterocycles. The van der Waals surface area contributed by atoms with Crippen molar-refractivity contribution < 1.29 is 39.9 Å². The number of phenolic OH excluding ortho intramolecular Hbond substituents is 4. The summed E-state index contributed by atoms with van der Waals surface area (Å²) in [6, 6.07) is 6.42. The third-order valence-electron chi connectivity index (χ3n) is 3.95. The SMILES string of the molecule is O=C(/C=C/c1ccc(O)c(O)c1)NCC(NC(=O)/C=C/c1ccc(O)c(O)c1)C(=O)O. The number of aliphatic carboxylic acids is 1. The van der Waals surface area contributed by atoms with Crippen LogP contribution in [-0.4, -0.2) is 55.9 Å². The van der Waals surface area contributed by atoms with Gasteiger partial charge in [0.1, 0.15) is 6.04 Å². The maximum absolute atomic E-state index is 12.0. The van der Waals surface area contributed by atoms with Crippen LogP contribution in [0.3, 0.4) is 0 Å². The highest BCUT2D eigenvalue weighted by atomic mass is 16.4. The molecule has 2 amide bonds. The van der Waals surface area contributed by atoms with Gasteiger partial charge < -0.3 is 36.2 Å². The van der Waals surface area contributed by atoms with Crippen molar-refractivity contribution in [1.29, 1.82) is 0 Å². The third kappa shape index (κ3) is 7.13. The Morgan fingerprint density at radius 3 is 1.71 bits per heavy atom. The van der Waals surface area contributed by atoms with Crippen molar-refractivity contribution in [2.24, 2.45) is 0 Å². The maximum atomic E-state index is 12.0. The quantitative estimate of drug-likeness (QED) is 0.240. The third-order valence-corrected chi connectivity index (χ3v) is 3.95. The number of carbonyl (C=O) groups is 3. The van der Waals surface area contributed by atoms with Gasteiger partial charge >= 0.3 is 5.97 Å². The topological polar surface area (TPSA) is 176 Å². The summed E-state index contributed by atoms with van der Waals surface area (Å²) >= 11 is 0. The van der Waals surface area contributed by atoms with Gasteiger partial charge in [0.25, 0.3) is 0 Å². The lowest BCUT2D eigenvalue weighted by molar-refractivity contribution is -0.141. The first-order chi connectivity index (χ1) is 14.7. The Balaban J connectivity index is 1.90. The number of benzene rings is 2. The van der Waals surface area contributed by atoms with Gasteiger partial charge in [-0.2, -0.15) is 0 Å². The predicted molar refractivity (Wildman–Crippen MR) is 110 cm³/mol. The number of aromatic hydroxyl groups is 4. The first kappa shape index (κ1) is 22.8. The molecule has 2 rings (SSSR count). The molecule has 0 saturated carbocycles. The van der Waals surface area contributed by atoms with E-state index in [9.17, 15) is 39.9 Å². The number of phenols is 4. The molecule has 0 heterocycles. The highest BCUT2D eigenvalue weighted by Crippen LogP contribution is 2.26. The minimum Gasteiger partial charge on any atom is -0.504 e. The van der Waals surface area contributed by atoms with E-state index in [-0.39, 0.29) is 29.5 Å². The van der Waals surface area contributed by atoms with E-state index in [1.165, 1.54) is 48.6 Å². The molecule has 0 spiro atoms. The van der Waals surface area contributed by atoms with E-state index < -0.39 is 23.8 Å². The summed E-state index contributed by atoms with van der Waals surface area (Å²) < 4.78 is 0. The molecule has 1 unspecified atom stereocenters. The zero-order valence-corrected chi connectivity index (χ0v) is 16.0. The second kappa shape index (κ2) is 10.3. The van der Waals surface area contributed by atoms with Crippen LogP contribution in [-0.2, 0) is 14.4 Å². The number of rotatable bonds is 8. The summed E-state index contributed by atoms with van der Waals surface area (Å²) in [6.45, 7) is -0.390. The lowest BCUT2D eigenvalue weighted by Gasteiger charge is -2.13. The van der Waals surface area contributed by atoms with Crippen LogP contribution in [0.1, 0.15) is 11.1 Å². The van der Waals surface area contributed by atoms with Crippen molar-refractivity contribution in [3.8, 4) is 23.0 Å². The van der Waals surface area contributed by atoms with Crippen LogP contribution in [0.5, 0.6) is 23.0 Å². The van der Waals surface area contributed by atoms with Crippen LogP contribution >= 0.6 is 0 Å². The van der Waals surface area contributed by atoms with Crippen LogP contribution in [0.4, 0.5) is 0 Å². The zero-order valence-electron chi connectivity index (χ0n) is 16.0. The number of nitrogens with one attached hydrogen (secondary N) is 2. The molecule has 0 aliphatic carbocycles. The Bertz CT molecular complexity index is 1050. The molecule has 2 aromatic rings. The Labute approximate surface area is 176 Å². The van der Waals surface area contributed by atoms with Crippen molar-refractivity contribution in [3.63, 3.8) is 0 Å². The Morgan fingerprint density at radius 2 is 1.26 bits per heavy atom. The van der Waals surface area contributed by atoms with Gasteiger partial charge in [-0.15, -0.1) is 0 Å². The molecule has 7 N–H and O–H groups in total. The van der Waals surface area contributed by atoms with Gasteiger partial charge in [-0.3, -0.25) is 9.59 Å². The van der Waals surface area contributed by atoms with Crippen LogP contribution in [0.25, 0.3) is 12.2 Å². The highest BCUT2D eigenvalue weighted by molar-refractivity contribution is 5.95. The smallest absolute Gasteiger partial charge is 0.328 e. The summed E-state index contributed by atoms with van der Waals surface area (Å²) in [5.74, 6) is -4.10. The molecule has 10 nitrogen and oxygen atoms in total. The molecular formula is C21H20N2O8. The zero-order chi connectivity index (χ0) is 23.0. The average Bonchev–Trinajstić information content (AvgIpc) is 2.72. The van der Waals surface area contributed by atoms with Crippen molar-refractivity contribution in [1.82, 2.24) is 10.6 Å². The summed E-state index contributed by atoms with van der Waals surface area (Å²) in [7, 11) is 0. The van der Waals surface area contributed by atoms with E-state index in [4.69, 9.17) is 0 Å². The number of carboxylic acids is 1. The first-order valence-corrected chi connectivity index (χ1v) is 8.87. The van der Waals surface area contributed by atoms with Gasteiger partial charge in [0.05, 0.1) is 0 Å². The minimum atomic E-state index is -1.40. The first-order valence-electron chi connectivity index (χ1n) is 8.87. The number of hydrogen-bond acceptors (Lipinski definition) is 7. The molecular weight excluding hydrogens is 408 g/mol. The fourth-order valence-electron chi connectivity index (χ4n) is 2.31.